The van der Waals surface area contributed by atoms with Crippen LogP contribution in [0.2, 0.25) is 0 Å². The van der Waals surface area contributed by atoms with E-state index in [4.69, 9.17) is 21.4 Å². The van der Waals surface area contributed by atoms with Gasteiger partial charge in [0.15, 0.2) is 5.11 Å². The quantitative estimate of drug-likeness (QED) is 0.522. The molecular weight excluding hydrogens is 411 g/mol. The van der Waals surface area contributed by atoms with Crippen molar-refractivity contribution in [1.29, 1.82) is 0 Å². The lowest BCUT2D eigenvalue weighted by molar-refractivity contribution is -0.143. The predicted molar refractivity (Wildman–Crippen MR) is 101 cm³/mol. The van der Waals surface area contributed by atoms with E-state index in [1.165, 1.54) is 12.1 Å². The van der Waals surface area contributed by atoms with E-state index in [2.05, 4.69) is 21.2 Å². The predicted octanol–water partition coefficient (Wildman–Crippen LogP) is 4.33. The second kappa shape index (κ2) is 9.53. The standard InChI is InChI=1S/C17H18BrFN2O3S/c1-2-23-16(22)7-8-21(11-13-4-3-9-24-13)17(25)20-15-6-5-12(19)10-14(15)18/h3-6,9-10H,2,7-8,11H2,1H3,(H,20,25). The summed E-state index contributed by atoms with van der Waals surface area (Å²) in [5.74, 6) is 0.0713. The molecule has 2 rings (SSSR count). The van der Waals surface area contributed by atoms with Crippen molar-refractivity contribution in [3.63, 3.8) is 0 Å². The molecule has 0 atom stereocenters. The Morgan fingerprint density at radius 2 is 2.24 bits per heavy atom. The number of rotatable bonds is 7. The number of carbonyl (C=O) groups excluding carboxylic acids is 1. The number of nitrogens with one attached hydrogen (secondary N) is 1. The zero-order valence-corrected chi connectivity index (χ0v) is 16.0. The lowest BCUT2D eigenvalue weighted by atomic mass is 10.3. The van der Waals surface area contributed by atoms with Crippen molar-refractivity contribution in [3.8, 4) is 0 Å². The molecule has 0 spiro atoms. The third-order valence-corrected chi connectivity index (χ3v) is 4.29. The molecule has 8 heteroatoms. The van der Waals surface area contributed by atoms with Gasteiger partial charge in [-0.3, -0.25) is 4.79 Å². The Morgan fingerprint density at radius 1 is 1.44 bits per heavy atom. The normalized spacial score (nSPS) is 10.4. The summed E-state index contributed by atoms with van der Waals surface area (Å²) in [6, 6.07) is 7.88. The zero-order chi connectivity index (χ0) is 18.2. The Labute approximate surface area is 159 Å². The van der Waals surface area contributed by atoms with Crippen molar-refractivity contribution >= 4 is 44.9 Å². The SMILES string of the molecule is CCOC(=O)CCN(Cc1ccco1)C(=S)Nc1ccc(F)cc1Br. The second-order valence-electron chi connectivity index (χ2n) is 5.11. The smallest absolute Gasteiger partial charge is 0.307 e. The van der Waals surface area contributed by atoms with Crippen molar-refractivity contribution in [1.82, 2.24) is 4.90 Å². The highest BCUT2D eigenvalue weighted by atomic mass is 79.9. The fourth-order valence-electron chi connectivity index (χ4n) is 2.09. The molecule has 1 N–H and O–H groups in total. The number of furan rings is 1. The first-order chi connectivity index (χ1) is 12.0. The van der Waals surface area contributed by atoms with E-state index in [1.807, 2.05) is 6.07 Å². The summed E-state index contributed by atoms with van der Waals surface area (Å²) in [4.78, 5) is 13.4. The molecule has 0 fully saturated rings. The summed E-state index contributed by atoms with van der Waals surface area (Å²) in [6.45, 7) is 2.86. The minimum absolute atomic E-state index is 0.195. The van der Waals surface area contributed by atoms with Gasteiger partial charge in [0.25, 0.3) is 0 Å². The summed E-state index contributed by atoms with van der Waals surface area (Å²) >= 11 is 8.74. The highest BCUT2D eigenvalue weighted by Gasteiger charge is 2.15. The molecule has 0 amide bonds. The summed E-state index contributed by atoms with van der Waals surface area (Å²) in [6.07, 6.45) is 1.77. The van der Waals surface area contributed by atoms with Crippen LogP contribution in [-0.2, 0) is 16.1 Å². The maximum atomic E-state index is 13.2. The number of hydrogen-bond donors (Lipinski definition) is 1. The minimum Gasteiger partial charge on any atom is -0.467 e. The van der Waals surface area contributed by atoms with Gasteiger partial charge in [-0.15, -0.1) is 0 Å². The van der Waals surface area contributed by atoms with Crippen molar-refractivity contribution in [2.75, 3.05) is 18.5 Å². The van der Waals surface area contributed by atoms with Gasteiger partial charge in [0.1, 0.15) is 11.6 Å². The van der Waals surface area contributed by atoms with Crippen LogP contribution in [0.5, 0.6) is 0 Å². The van der Waals surface area contributed by atoms with Crippen LogP contribution in [0.1, 0.15) is 19.1 Å². The number of nitrogens with zero attached hydrogens (tertiary/aromatic N) is 1. The van der Waals surface area contributed by atoms with E-state index >= 15 is 0 Å². The molecule has 2 aromatic rings. The fourth-order valence-corrected chi connectivity index (χ4v) is 2.80. The van der Waals surface area contributed by atoms with E-state index in [9.17, 15) is 9.18 Å². The molecule has 0 bridgehead atoms. The summed E-state index contributed by atoms with van der Waals surface area (Å²) in [7, 11) is 0. The van der Waals surface area contributed by atoms with Crippen molar-refractivity contribution in [3.05, 3.63) is 52.6 Å². The second-order valence-corrected chi connectivity index (χ2v) is 6.35. The Kier molecular flexibility index (Phi) is 7.39. The van der Waals surface area contributed by atoms with Crippen LogP contribution >= 0.6 is 28.1 Å². The highest BCUT2D eigenvalue weighted by molar-refractivity contribution is 9.10. The summed E-state index contributed by atoms with van der Waals surface area (Å²) in [5.41, 5.74) is 0.631. The first kappa shape index (κ1) is 19.4. The molecule has 0 aliphatic rings. The number of ether oxygens (including phenoxy) is 1. The molecule has 0 aliphatic heterocycles. The molecule has 5 nitrogen and oxygen atoms in total. The third kappa shape index (κ3) is 6.13. The van der Waals surface area contributed by atoms with E-state index < -0.39 is 0 Å². The number of hydrogen-bond acceptors (Lipinski definition) is 4. The molecule has 1 aromatic heterocycles. The summed E-state index contributed by atoms with van der Waals surface area (Å²) < 4.78 is 24.1. The van der Waals surface area contributed by atoms with Crippen molar-refractivity contribution in [2.24, 2.45) is 0 Å². The first-order valence-electron chi connectivity index (χ1n) is 7.68. The molecule has 1 heterocycles. The van der Waals surface area contributed by atoms with Gasteiger partial charge in [-0.25, -0.2) is 4.39 Å². The van der Waals surface area contributed by atoms with Gasteiger partial charge >= 0.3 is 5.97 Å². The number of halogens is 2. The molecule has 25 heavy (non-hydrogen) atoms. The molecule has 1 aromatic carbocycles. The average Bonchev–Trinajstić information content (AvgIpc) is 3.07. The highest BCUT2D eigenvalue weighted by Crippen LogP contribution is 2.23. The largest absolute Gasteiger partial charge is 0.467 e. The number of carbonyl (C=O) groups is 1. The van der Waals surface area contributed by atoms with Crippen LogP contribution in [0, 0.1) is 5.82 Å². The van der Waals surface area contributed by atoms with Gasteiger partial charge in [0, 0.05) is 11.0 Å². The number of esters is 1. The number of anilines is 1. The van der Waals surface area contributed by atoms with Crippen LogP contribution < -0.4 is 5.32 Å². The maximum Gasteiger partial charge on any atom is 0.307 e. The zero-order valence-electron chi connectivity index (χ0n) is 13.6. The van der Waals surface area contributed by atoms with Gasteiger partial charge in [-0.05, 0) is 65.4 Å². The lowest BCUT2D eigenvalue weighted by Gasteiger charge is -2.25. The van der Waals surface area contributed by atoms with E-state index in [0.717, 1.165) is 0 Å². The molecule has 0 radical (unpaired) electrons. The molecular formula is C17H18BrFN2O3S. The Bertz CT molecular complexity index is 725. The number of benzene rings is 1. The van der Waals surface area contributed by atoms with Gasteiger partial charge in [0.05, 0.1) is 31.5 Å². The van der Waals surface area contributed by atoms with Gasteiger partial charge < -0.3 is 19.4 Å². The molecule has 134 valence electrons. The van der Waals surface area contributed by atoms with E-state index in [-0.39, 0.29) is 18.2 Å². The molecule has 0 saturated heterocycles. The summed E-state index contributed by atoms with van der Waals surface area (Å²) in [5, 5.41) is 3.45. The molecule has 0 saturated carbocycles. The van der Waals surface area contributed by atoms with E-state index in [1.54, 1.807) is 30.2 Å². The third-order valence-electron chi connectivity index (χ3n) is 3.28. The Hall–Kier alpha value is -1.93. The van der Waals surface area contributed by atoms with Gasteiger partial charge in [-0.1, -0.05) is 0 Å². The van der Waals surface area contributed by atoms with E-state index in [0.29, 0.717) is 40.7 Å². The topological polar surface area (TPSA) is 54.7 Å². The number of thiocarbonyl (C=S) groups is 1. The lowest BCUT2D eigenvalue weighted by Crippen LogP contribution is -2.36. The average molecular weight is 429 g/mol. The van der Waals surface area contributed by atoms with Crippen LogP contribution in [0.4, 0.5) is 10.1 Å². The first-order valence-corrected chi connectivity index (χ1v) is 8.88. The van der Waals surface area contributed by atoms with Crippen LogP contribution in [-0.4, -0.2) is 29.1 Å². The van der Waals surface area contributed by atoms with Crippen LogP contribution in [0.3, 0.4) is 0 Å². The Balaban J connectivity index is 2.06. The van der Waals surface area contributed by atoms with Crippen LogP contribution in [0.15, 0.2) is 45.5 Å². The van der Waals surface area contributed by atoms with Crippen LogP contribution in [0.25, 0.3) is 0 Å². The van der Waals surface area contributed by atoms with Gasteiger partial charge in [0.2, 0.25) is 0 Å². The molecule has 0 unspecified atom stereocenters. The molecule has 0 aliphatic carbocycles. The Morgan fingerprint density at radius 3 is 2.88 bits per heavy atom. The van der Waals surface area contributed by atoms with Gasteiger partial charge in [-0.2, -0.15) is 0 Å². The van der Waals surface area contributed by atoms with Crippen molar-refractivity contribution in [2.45, 2.75) is 19.9 Å². The minimum atomic E-state index is -0.349. The maximum absolute atomic E-state index is 13.2. The monoisotopic (exact) mass is 428 g/mol. The fraction of sp³-hybridized carbons (Fsp3) is 0.294. The van der Waals surface area contributed by atoms with Crippen molar-refractivity contribution < 1.29 is 18.3 Å².